The van der Waals surface area contributed by atoms with Crippen molar-refractivity contribution in [3.8, 4) is 5.75 Å². The molecule has 1 saturated heterocycles. The molecule has 1 N–H and O–H groups in total. The van der Waals surface area contributed by atoms with E-state index in [0.717, 1.165) is 24.4 Å². The lowest BCUT2D eigenvalue weighted by Crippen LogP contribution is -2.46. The minimum Gasteiger partial charge on any atom is -0.497 e. The van der Waals surface area contributed by atoms with Crippen LogP contribution in [-0.4, -0.2) is 48.6 Å². The van der Waals surface area contributed by atoms with Crippen LogP contribution in [0.15, 0.2) is 24.3 Å². The molecule has 27 heavy (non-hydrogen) atoms. The zero-order valence-corrected chi connectivity index (χ0v) is 17.4. The van der Waals surface area contributed by atoms with E-state index in [9.17, 15) is 9.59 Å². The lowest BCUT2D eigenvalue weighted by atomic mass is 9.87. The molecule has 1 aliphatic heterocycles. The third-order valence-corrected chi connectivity index (χ3v) is 4.88. The van der Waals surface area contributed by atoms with Crippen molar-refractivity contribution in [3.63, 3.8) is 0 Å². The van der Waals surface area contributed by atoms with Crippen LogP contribution in [0.5, 0.6) is 5.75 Å². The fourth-order valence-electron chi connectivity index (χ4n) is 3.69. The summed E-state index contributed by atoms with van der Waals surface area (Å²) in [4.78, 5) is 29.6. The molecule has 2 rings (SSSR count). The van der Waals surface area contributed by atoms with Crippen LogP contribution in [0.2, 0.25) is 0 Å². The van der Waals surface area contributed by atoms with Crippen molar-refractivity contribution in [2.75, 3.05) is 26.9 Å². The highest BCUT2D eigenvalue weighted by molar-refractivity contribution is 6.07. The minimum absolute atomic E-state index is 0.183. The van der Waals surface area contributed by atoms with Crippen LogP contribution in [0.1, 0.15) is 46.6 Å². The number of carbonyl (C=O) groups excluding carboxylic acids is 2. The van der Waals surface area contributed by atoms with E-state index in [1.807, 2.05) is 31.2 Å². The maximum absolute atomic E-state index is 13.3. The van der Waals surface area contributed by atoms with Crippen molar-refractivity contribution in [3.05, 3.63) is 29.8 Å². The van der Waals surface area contributed by atoms with Crippen LogP contribution in [0.3, 0.4) is 0 Å². The minimum atomic E-state index is -1.01. The molecule has 6 heteroatoms. The number of benzene rings is 1. The average molecular weight is 376 g/mol. The maximum atomic E-state index is 13.3. The van der Waals surface area contributed by atoms with Crippen LogP contribution in [0.4, 0.5) is 4.79 Å². The third-order valence-electron chi connectivity index (χ3n) is 4.88. The van der Waals surface area contributed by atoms with E-state index >= 15 is 0 Å². The van der Waals surface area contributed by atoms with Crippen LogP contribution in [-0.2, 0) is 10.3 Å². The van der Waals surface area contributed by atoms with Gasteiger partial charge in [0, 0.05) is 13.1 Å². The van der Waals surface area contributed by atoms with Gasteiger partial charge in [0.05, 0.1) is 13.8 Å². The fourth-order valence-corrected chi connectivity index (χ4v) is 3.69. The standard InChI is InChI=1S/C21H33N3O3/c1-7-21(17-8-10-18(27-6)11-9-17)19(25)24(20(26)22-21)14-23(12-15(2)3)13-16(4)5/h8-11,15-16H,7,12-14H2,1-6H3,(H,22,26). The van der Waals surface area contributed by atoms with Gasteiger partial charge in [-0.05, 0) is 36.0 Å². The Hall–Kier alpha value is -2.08. The number of nitrogens with zero attached hydrogens (tertiary/aromatic N) is 2. The normalized spacial score (nSPS) is 20.1. The summed E-state index contributed by atoms with van der Waals surface area (Å²) in [6.07, 6.45) is 0.495. The van der Waals surface area contributed by atoms with Crippen LogP contribution in [0.25, 0.3) is 0 Å². The summed E-state index contributed by atoms with van der Waals surface area (Å²) in [7, 11) is 1.60. The van der Waals surface area contributed by atoms with Gasteiger partial charge in [-0.1, -0.05) is 46.8 Å². The fraction of sp³-hybridized carbons (Fsp3) is 0.619. The number of carbonyl (C=O) groups is 2. The maximum Gasteiger partial charge on any atom is 0.326 e. The first kappa shape index (κ1) is 21.2. The molecule has 1 aliphatic rings. The summed E-state index contributed by atoms with van der Waals surface area (Å²) in [5, 5.41) is 2.95. The lowest BCUT2D eigenvalue weighted by molar-refractivity contribution is -0.133. The van der Waals surface area contributed by atoms with Crippen molar-refractivity contribution in [1.29, 1.82) is 0 Å². The Morgan fingerprint density at radius 3 is 2.07 bits per heavy atom. The van der Waals surface area contributed by atoms with Crippen LogP contribution < -0.4 is 10.1 Å². The molecule has 150 valence electrons. The van der Waals surface area contributed by atoms with Gasteiger partial charge >= 0.3 is 6.03 Å². The average Bonchev–Trinajstić information content (AvgIpc) is 2.85. The van der Waals surface area contributed by atoms with Crippen molar-refractivity contribution in [2.45, 2.75) is 46.6 Å². The summed E-state index contributed by atoms with van der Waals surface area (Å²) >= 11 is 0. The molecule has 0 bridgehead atoms. The predicted molar refractivity (Wildman–Crippen MR) is 106 cm³/mol. The largest absolute Gasteiger partial charge is 0.497 e. The number of ether oxygens (including phenoxy) is 1. The Bertz CT molecular complexity index is 647. The molecule has 0 radical (unpaired) electrons. The van der Waals surface area contributed by atoms with Gasteiger partial charge in [0.2, 0.25) is 0 Å². The summed E-state index contributed by atoms with van der Waals surface area (Å²) in [5.41, 5.74) is -0.226. The number of amides is 3. The molecular formula is C21H33N3O3. The highest BCUT2D eigenvalue weighted by atomic mass is 16.5. The lowest BCUT2D eigenvalue weighted by Gasteiger charge is -2.30. The third kappa shape index (κ3) is 4.61. The quantitative estimate of drug-likeness (QED) is 0.672. The van der Waals surface area contributed by atoms with E-state index in [2.05, 4.69) is 37.9 Å². The summed E-state index contributed by atoms with van der Waals surface area (Å²) in [6.45, 7) is 12.5. The molecule has 1 unspecified atom stereocenters. The Balaban J connectivity index is 2.26. The number of urea groups is 1. The molecule has 3 amide bonds. The molecule has 1 heterocycles. The molecule has 1 fully saturated rings. The van der Waals surface area contributed by atoms with E-state index in [0.29, 0.717) is 24.9 Å². The van der Waals surface area contributed by atoms with Crippen LogP contribution in [0, 0.1) is 11.8 Å². The molecule has 0 spiro atoms. The van der Waals surface area contributed by atoms with Crippen LogP contribution >= 0.6 is 0 Å². The Morgan fingerprint density at radius 1 is 1.07 bits per heavy atom. The second-order valence-electron chi connectivity index (χ2n) is 8.12. The summed E-state index contributed by atoms with van der Waals surface area (Å²) in [5.74, 6) is 1.46. The Kier molecular flexibility index (Phi) is 6.87. The van der Waals surface area contributed by atoms with E-state index in [1.54, 1.807) is 7.11 Å². The van der Waals surface area contributed by atoms with Crippen molar-refractivity contribution < 1.29 is 14.3 Å². The highest BCUT2D eigenvalue weighted by Gasteiger charge is 2.51. The van der Waals surface area contributed by atoms with Gasteiger partial charge in [-0.15, -0.1) is 0 Å². The second kappa shape index (κ2) is 8.74. The van der Waals surface area contributed by atoms with Gasteiger partial charge in [0.15, 0.2) is 0 Å². The smallest absolute Gasteiger partial charge is 0.326 e. The SMILES string of the molecule is CCC1(c2ccc(OC)cc2)NC(=O)N(CN(CC(C)C)CC(C)C)C1=O. The first-order valence-corrected chi connectivity index (χ1v) is 9.74. The highest BCUT2D eigenvalue weighted by Crippen LogP contribution is 2.33. The molecule has 0 aliphatic carbocycles. The summed E-state index contributed by atoms with van der Waals surface area (Å²) < 4.78 is 5.20. The first-order chi connectivity index (χ1) is 12.7. The number of hydrogen-bond acceptors (Lipinski definition) is 4. The van der Waals surface area contributed by atoms with Gasteiger partial charge in [-0.3, -0.25) is 9.69 Å². The molecule has 0 saturated carbocycles. The second-order valence-corrected chi connectivity index (χ2v) is 8.12. The topological polar surface area (TPSA) is 61.9 Å². The summed E-state index contributed by atoms with van der Waals surface area (Å²) in [6, 6.07) is 7.01. The Morgan fingerprint density at radius 2 is 1.63 bits per heavy atom. The van der Waals surface area contributed by atoms with Crippen molar-refractivity contribution in [2.24, 2.45) is 11.8 Å². The molecule has 1 atom stereocenters. The number of imide groups is 1. The van der Waals surface area contributed by atoms with Gasteiger partial charge in [-0.2, -0.15) is 0 Å². The Labute approximate surface area is 162 Å². The van der Waals surface area contributed by atoms with E-state index in [-0.39, 0.29) is 11.9 Å². The predicted octanol–water partition coefficient (Wildman–Crippen LogP) is 3.42. The number of hydrogen-bond donors (Lipinski definition) is 1. The number of methoxy groups -OCH3 is 1. The molecule has 1 aromatic rings. The zero-order chi connectivity index (χ0) is 20.2. The monoisotopic (exact) mass is 375 g/mol. The first-order valence-electron chi connectivity index (χ1n) is 9.74. The molecule has 1 aromatic carbocycles. The van der Waals surface area contributed by atoms with Gasteiger partial charge in [0.25, 0.3) is 5.91 Å². The zero-order valence-electron chi connectivity index (χ0n) is 17.4. The van der Waals surface area contributed by atoms with Gasteiger partial charge in [-0.25, -0.2) is 9.69 Å². The number of rotatable bonds is 9. The van der Waals surface area contributed by atoms with Crippen molar-refractivity contribution >= 4 is 11.9 Å². The van der Waals surface area contributed by atoms with E-state index in [4.69, 9.17) is 4.74 Å². The van der Waals surface area contributed by atoms with Gasteiger partial charge < -0.3 is 10.1 Å². The van der Waals surface area contributed by atoms with E-state index in [1.165, 1.54) is 4.90 Å². The molecule has 6 nitrogen and oxygen atoms in total. The van der Waals surface area contributed by atoms with Gasteiger partial charge in [0.1, 0.15) is 11.3 Å². The molecular weight excluding hydrogens is 342 g/mol. The molecule has 0 aromatic heterocycles. The van der Waals surface area contributed by atoms with E-state index < -0.39 is 5.54 Å². The number of nitrogens with one attached hydrogen (secondary N) is 1. The van der Waals surface area contributed by atoms with Crippen molar-refractivity contribution in [1.82, 2.24) is 15.1 Å².